The number of anilines is 6. The molecular formula is C100H65BN2O4. The van der Waals surface area contributed by atoms with Crippen LogP contribution in [0.15, 0.2) is 357 Å². The lowest BCUT2D eigenvalue weighted by molar-refractivity contribution is 0.590. The maximum absolute atomic E-state index is 7.11. The van der Waals surface area contributed by atoms with Gasteiger partial charge in [-0.05, 0) is 179 Å². The summed E-state index contributed by atoms with van der Waals surface area (Å²) in [7, 11) is 0. The van der Waals surface area contributed by atoms with Gasteiger partial charge in [-0.3, -0.25) is 0 Å². The lowest BCUT2D eigenvalue weighted by atomic mass is 9.33. The molecule has 0 N–H and O–H groups in total. The summed E-state index contributed by atoms with van der Waals surface area (Å²) in [6, 6.07) is 125. The zero-order chi connectivity index (χ0) is 70.8. The monoisotopic (exact) mass is 1370 g/mol. The number of nitrogens with zero attached hydrogens (tertiary/aromatic N) is 2. The lowest BCUT2D eigenvalue weighted by Crippen LogP contribution is -2.61. The molecule has 0 fully saturated rings. The van der Waals surface area contributed by atoms with Gasteiger partial charge in [0.05, 0.1) is 22.1 Å². The van der Waals surface area contributed by atoms with E-state index in [4.69, 9.17) is 17.7 Å². The third-order valence-electron chi connectivity index (χ3n) is 22.7. The molecule has 0 radical (unpaired) electrons. The Kier molecular flexibility index (Phi) is 13.4. The highest BCUT2D eigenvalue weighted by Crippen LogP contribution is 2.56. The molecule has 0 atom stereocenters. The van der Waals surface area contributed by atoms with E-state index in [0.29, 0.717) is 0 Å². The Morgan fingerprint density at radius 1 is 0.234 bits per heavy atom. The Bertz CT molecular complexity index is 6650. The zero-order valence-electron chi connectivity index (χ0n) is 58.9. The second-order valence-electron chi connectivity index (χ2n) is 29.7. The Hall–Kier alpha value is -13.6. The molecule has 2 aliphatic heterocycles. The van der Waals surface area contributed by atoms with E-state index in [1.54, 1.807) is 0 Å². The van der Waals surface area contributed by atoms with Crippen molar-refractivity contribution in [3.8, 4) is 77.9 Å². The third-order valence-corrected chi connectivity index (χ3v) is 22.7. The summed E-state index contributed by atoms with van der Waals surface area (Å²) >= 11 is 0. The number of benzene rings is 16. The maximum atomic E-state index is 7.11. The predicted octanol–water partition coefficient (Wildman–Crippen LogP) is 26.3. The van der Waals surface area contributed by atoms with E-state index in [0.717, 1.165) is 216 Å². The van der Waals surface area contributed by atoms with Gasteiger partial charge in [0, 0.05) is 66.2 Å². The number of furan rings is 4. The molecule has 0 aliphatic carbocycles. The SMILES string of the molecule is CC(C)(C)c1ccc(-c2cc3c4c(c2)N(c2c(-c5ccc(-c6ccccc6)cc5)ccc5oc6ccccc6c25)c2ccc(-c5cccc6oc7ccccc7c56)cc2B4c2cc(-c4cccc5oc6ccccc6c45)ccc2N3c2c(-c3ccc(-c4ccccc4)cc3)ccc3oc4ccccc4c23)cc1. The van der Waals surface area contributed by atoms with Gasteiger partial charge in [-0.25, -0.2) is 0 Å². The predicted molar refractivity (Wildman–Crippen MR) is 446 cm³/mol. The fraction of sp³-hybridized carbons (Fsp3) is 0.0400. The molecule has 502 valence electrons. The second-order valence-corrected chi connectivity index (χ2v) is 29.7. The van der Waals surface area contributed by atoms with Crippen molar-refractivity contribution in [3.63, 3.8) is 0 Å². The van der Waals surface area contributed by atoms with Gasteiger partial charge in [-0.1, -0.05) is 276 Å². The van der Waals surface area contributed by atoms with Crippen molar-refractivity contribution in [2.45, 2.75) is 26.2 Å². The van der Waals surface area contributed by atoms with Gasteiger partial charge in [0.1, 0.15) is 44.7 Å². The Morgan fingerprint density at radius 2 is 0.561 bits per heavy atom. The van der Waals surface area contributed by atoms with Gasteiger partial charge < -0.3 is 27.5 Å². The van der Waals surface area contributed by atoms with Crippen LogP contribution in [0.1, 0.15) is 26.3 Å². The van der Waals surface area contributed by atoms with Crippen LogP contribution in [-0.4, -0.2) is 6.71 Å². The largest absolute Gasteiger partial charge is 0.456 e. The molecule has 2 aliphatic rings. The van der Waals surface area contributed by atoms with Crippen molar-refractivity contribution >= 4 is 145 Å². The van der Waals surface area contributed by atoms with E-state index < -0.39 is 0 Å². The highest BCUT2D eigenvalue weighted by Gasteiger charge is 2.46. The summed E-state index contributed by atoms with van der Waals surface area (Å²) in [6.07, 6.45) is 0. The molecule has 0 bridgehead atoms. The fourth-order valence-electron chi connectivity index (χ4n) is 17.7. The van der Waals surface area contributed by atoms with Crippen LogP contribution in [0.5, 0.6) is 0 Å². The molecular weight excluding hydrogens is 1300 g/mol. The van der Waals surface area contributed by atoms with E-state index in [9.17, 15) is 0 Å². The van der Waals surface area contributed by atoms with Crippen LogP contribution in [0.3, 0.4) is 0 Å². The van der Waals surface area contributed by atoms with E-state index in [1.165, 1.54) is 5.56 Å². The Labute approximate surface area is 617 Å². The fourth-order valence-corrected chi connectivity index (χ4v) is 17.7. The molecule has 0 spiro atoms. The number of hydrogen-bond donors (Lipinski definition) is 0. The van der Waals surface area contributed by atoms with Gasteiger partial charge in [0.15, 0.2) is 0 Å². The molecule has 20 aromatic rings. The summed E-state index contributed by atoms with van der Waals surface area (Å²) in [5, 5.41) is 8.41. The summed E-state index contributed by atoms with van der Waals surface area (Å²) in [5.74, 6) is 0. The molecule has 0 amide bonds. The van der Waals surface area contributed by atoms with E-state index in [2.05, 4.69) is 370 Å². The molecule has 22 rings (SSSR count). The molecule has 4 aromatic heterocycles. The van der Waals surface area contributed by atoms with Crippen LogP contribution in [0.2, 0.25) is 0 Å². The normalized spacial score (nSPS) is 12.8. The van der Waals surface area contributed by atoms with Gasteiger partial charge in [-0.15, -0.1) is 0 Å². The average molecular weight is 1370 g/mol. The van der Waals surface area contributed by atoms with Crippen molar-refractivity contribution in [3.05, 3.63) is 345 Å². The van der Waals surface area contributed by atoms with E-state index in [-0.39, 0.29) is 12.1 Å². The molecule has 107 heavy (non-hydrogen) atoms. The topological polar surface area (TPSA) is 59.0 Å². The van der Waals surface area contributed by atoms with Gasteiger partial charge in [0.25, 0.3) is 6.71 Å². The van der Waals surface area contributed by atoms with E-state index >= 15 is 0 Å². The van der Waals surface area contributed by atoms with E-state index in [1.807, 2.05) is 0 Å². The molecule has 7 heteroatoms. The standard InChI is InChI=1S/C100H65BN2O4/c1-100(2,3)70-48-44-64(45-49-70)69-58-83-97-84(59-69)103(99-74(51-55-92-96(99)78-27-13-17-33-88(78)107-92)66-42-38-63(39-43-66)61-22-8-5-9-23-61)82-53-47-68(72-29-19-35-90-94(72)76-25-11-15-31-86(76)105-90)57-80(82)101(97)79-56-67(71-28-18-34-89-93(71)75-24-10-14-30-85(75)104-89)46-52-81(79)102(83)98-73(50-54-91-95(98)77-26-12-16-32-87(77)106-91)65-40-36-62(37-41-65)60-20-6-4-7-21-60/h4-59H,1-3H3. The van der Waals surface area contributed by atoms with Gasteiger partial charge in [-0.2, -0.15) is 0 Å². The first-order chi connectivity index (χ1) is 52.7. The molecule has 0 saturated carbocycles. The van der Waals surface area contributed by atoms with Crippen LogP contribution in [0.4, 0.5) is 34.1 Å². The Balaban J connectivity index is 0.909. The first-order valence-corrected chi connectivity index (χ1v) is 36.9. The van der Waals surface area contributed by atoms with Crippen molar-refractivity contribution < 1.29 is 17.7 Å². The molecule has 0 unspecified atom stereocenters. The molecule has 16 aromatic carbocycles. The number of fused-ring (bicyclic) bond motifs is 16. The van der Waals surface area contributed by atoms with Crippen LogP contribution in [0.25, 0.3) is 166 Å². The van der Waals surface area contributed by atoms with Crippen molar-refractivity contribution in [2.75, 3.05) is 9.80 Å². The highest BCUT2D eigenvalue weighted by molar-refractivity contribution is 7.00. The molecule has 6 nitrogen and oxygen atoms in total. The van der Waals surface area contributed by atoms with Crippen LogP contribution in [-0.2, 0) is 5.41 Å². The smallest absolute Gasteiger partial charge is 0.252 e. The summed E-state index contributed by atoms with van der Waals surface area (Å²) in [5.41, 5.74) is 32.9. The van der Waals surface area contributed by atoms with Crippen LogP contribution >= 0.6 is 0 Å². The highest BCUT2D eigenvalue weighted by atomic mass is 16.3. The molecule has 0 saturated heterocycles. The van der Waals surface area contributed by atoms with Crippen molar-refractivity contribution in [1.29, 1.82) is 0 Å². The van der Waals surface area contributed by atoms with Crippen molar-refractivity contribution in [1.82, 2.24) is 0 Å². The zero-order valence-corrected chi connectivity index (χ0v) is 58.9. The van der Waals surface area contributed by atoms with Gasteiger partial charge >= 0.3 is 0 Å². The van der Waals surface area contributed by atoms with Crippen LogP contribution in [0, 0.1) is 0 Å². The maximum Gasteiger partial charge on any atom is 0.252 e. The quantitative estimate of drug-likeness (QED) is 0.134. The second kappa shape index (κ2) is 23.5. The first kappa shape index (κ1) is 60.9. The number of rotatable bonds is 9. The minimum atomic E-state index is -0.377. The summed E-state index contributed by atoms with van der Waals surface area (Å²) < 4.78 is 27.7. The van der Waals surface area contributed by atoms with Gasteiger partial charge in [0.2, 0.25) is 0 Å². The van der Waals surface area contributed by atoms with Crippen molar-refractivity contribution in [2.24, 2.45) is 0 Å². The lowest BCUT2D eigenvalue weighted by Gasteiger charge is -2.45. The first-order valence-electron chi connectivity index (χ1n) is 36.9. The summed E-state index contributed by atoms with van der Waals surface area (Å²) in [6.45, 7) is 6.50. The molecule has 6 heterocycles. The third kappa shape index (κ3) is 9.46. The summed E-state index contributed by atoms with van der Waals surface area (Å²) in [4.78, 5) is 5.25. The Morgan fingerprint density at radius 3 is 0.972 bits per heavy atom. The minimum Gasteiger partial charge on any atom is -0.456 e. The minimum absolute atomic E-state index is 0.0811. The average Bonchev–Trinajstić information content (AvgIpc) is 1.04. The van der Waals surface area contributed by atoms with Crippen LogP contribution < -0.4 is 26.2 Å². The number of hydrogen-bond acceptors (Lipinski definition) is 6. The number of para-hydroxylation sites is 4.